The van der Waals surface area contributed by atoms with Crippen molar-refractivity contribution in [3.05, 3.63) is 87.9 Å². The predicted molar refractivity (Wildman–Crippen MR) is 140 cm³/mol. The van der Waals surface area contributed by atoms with E-state index in [0.29, 0.717) is 16.5 Å². The number of anilines is 2. The molecule has 3 atom stereocenters. The molecular weight excluding hydrogens is 507 g/mol. The zero-order chi connectivity index (χ0) is 24.7. The van der Waals surface area contributed by atoms with Gasteiger partial charge in [0.05, 0.1) is 35.9 Å². The molecule has 0 radical (unpaired) electrons. The molecular formula is C26H24Cl2N2O4S. The van der Waals surface area contributed by atoms with E-state index in [2.05, 4.69) is 22.2 Å². The van der Waals surface area contributed by atoms with E-state index in [-0.39, 0.29) is 33.5 Å². The van der Waals surface area contributed by atoms with Crippen LogP contribution in [0.5, 0.6) is 11.5 Å². The number of methoxy groups -OCH3 is 2. The molecule has 6 nitrogen and oxygen atoms in total. The SMILES string of the molecule is COc1cccc([C@H]2Nc3ccc(S(=O)(=O)Nc4cc(Cl)ccc4Cl)cc3[C@H]3C=CC[C@H]32)c1OC. The van der Waals surface area contributed by atoms with Gasteiger partial charge in [0, 0.05) is 22.2 Å². The fourth-order valence-corrected chi connectivity index (χ4v) is 6.48. The topological polar surface area (TPSA) is 76.7 Å². The van der Waals surface area contributed by atoms with Gasteiger partial charge >= 0.3 is 0 Å². The third-order valence-corrected chi connectivity index (χ3v) is 8.51. The Morgan fingerprint density at radius 2 is 1.83 bits per heavy atom. The summed E-state index contributed by atoms with van der Waals surface area (Å²) in [5.74, 6) is 1.62. The van der Waals surface area contributed by atoms with E-state index in [9.17, 15) is 8.42 Å². The van der Waals surface area contributed by atoms with Crippen molar-refractivity contribution in [2.75, 3.05) is 24.3 Å². The molecule has 3 aromatic carbocycles. The van der Waals surface area contributed by atoms with E-state index in [0.717, 1.165) is 23.2 Å². The summed E-state index contributed by atoms with van der Waals surface area (Å²) >= 11 is 12.2. The van der Waals surface area contributed by atoms with E-state index in [1.807, 2.05) is 24.3 Å². The number of sulfonamides is 1. The molecule has 1 aliphatic heterocycles. The molecule has 2 aliphatic rings. The number of nitrogens with one attached hydrogen (secondary N) is 2. The molecule has 0 saturated heterocycles. The lowest BCUT2D eigenvalue weighted by molar-refractivity contribution is 0.341. The summed E-state index contributed by atoms with van der Waals surface area (Å²) in [6, 6.07) is 15.6. The second kappa shape index (κ2) is 9.30. The lowest BCUT2D eigenvalue weighted by Gasteiger charge is -2.38. The number of allylic oxidation sites excluding steroid dienone is 2. The van der Waals surface area contributed by atoms with Gasteiger partial charge in [-0.2, -0.15) is 0 Å². The first-order valence-corrected chi connectivity index (χ1v) is 13.3. The number of ether oxygens (including phenoxy) is 2. The number of benzene rings is 3. The minimum absolute atomic E-state index is 0.0293. The van der Waals surface area contributed by atoms with Crippen LogP contribution >= 0.6 is 23.2 Å². The Kier molecular flexibility index (Phi) is 6.34. The first kappa shape index (κ1) is 23.9. The van der Waals surface area contributed by atoms with Crippen LogP contribution in [0.3, 0.4) is 0 Å². The molecule has 182 valence electrons. The van der Waals surface area contributed by atoms with Crippen LogP contribution in [0.1, 0.15) is 29.5 Å². The van der Waals surface area contributed by atoms with Crippen molar-refractivity contribution in [1.82, 2.24) is 0 Å². The number of hydrogen-bond donors (Lipinski definition) is 2. The second-order valence-electron chi connectivity index (χ2n) is 8.54. The van der Waals surface area contributed by atoms with Gasteiger partial charge in [-0.3, -0.25) is 4.72 Å². The van der Waals surface area contributed by atoms with Crippen molar-refractivity contribution < 1.29 is 17.9 Å². The largest absolute Gasteiger partial charge is 0.493 e. The van der Waals surface area contributed by atoms with E-state index in [4.69, 9.17) is 32.7 Å². The second-order valence-corrected chi connectivity index (χ2v) is 11.1. The van der Waals surface area contributed by atoms with Crippen LogP contribution in [-0.4, -0.2) is 22.6 Å². The van der Waals surface area contributed by atoms with Crippen LogP contribution in [0.4, 0.5) is 11.4 Å². The fourth-order valence-electron chi connectivity index (χ4n) is 4.98. The van der Waals surface area contributed by atoms with Crippen molar-refractivity contribution in [2.45, 2.75) is 23.3 Å². The lowest BCUT2D eigenvalue weighted by Crippen LogP contribution is -2.29. The van der Waals surface area contributed by atoms with Crippen LogP contribution in [0.15, 0.2) is 71.6 Å². The molecule has 5 rings (SSSR count). The molecule has 0 unspecified atom stereocenters. The molecule has 0 amide bonds. The molecule has 1 aliphatic carbocycles. The highest BCUT2D eigenvalue weighted by Gasteiger charge is 2.40. The normalized spacial score (nSPS) is 20.5. The summed E-state index contributed by atoms with van der Waals surface area (Å²) in [5.41, 5.74) is 3.05. The van der Waals surface area contributed by atoms with Crippen LogP contribution in [0.25, 0.3) is 0 Å². The summed E-state index contributed by atoms with van der Waals surface area (Å²) in [6.07, 6.45) is 5.16. The number of halogens is 2. The Labute approximate surface area is 214 Å². The Hall–Kier alpha value is -2.87. The van der Waals surface area contributed by atoms with E-state index < -0.39 is 10.0 Å². The predicted octanol–water partition coefficient (Wildman–Crippen LogP) is 6.64. The van der Waals surface area contributed by atoms with Crippen LogP contribution in [-0.2, 0) is 10.0 Å². The van der Waals surface area contributed by atoms with Gasteiger partial charge in [-0.25, -0.2) is 8.42 Å². The van der Waals surface area contributed by atoms with Crippen molar-refractivity contribution >= 4 is 44.6 Å². The Bertz CT molecular complexity index is 1420. The number of fused-ring (bicyclic) bond motifs is 3. The average molecular weight is 531 g/mol. The quantitative estimate of drug-likeness (QED) is 0.349. The summed E-state index contributed by atoms with van der Waals surface area (Å²) in [7, 11) is -0.621. The van der Waals surface area contributed by atoms with Gasteiger partial charge in [0.2, 0.25) is 0 Å². The Balaban J connectivity index is 1.52. The van der Waals surface area contributed by atoms with Crippen molar-refractivity contribution in [3.63, 3.8) is 0 Å². The molecule has 2 N–H and O–H groups in total. The van der Waals surface area contributed by atoms with Gasteiger partial charge in [-0.1, -0.05) is 47.5 Å². The molecule has 0 saturated carbocycles. The molecule has 1 heterocycles. The molecule has 0 bridgehead atoms. The van der Waals surface area contributed by atoms with Gasteiger partial charge in [0.15, 0.2) is 11.5 Å². The molecule has 0 aromatic heterocycles. The molecule has 0 fully saturated rings. The monoisotopic (exact) mass is 530 g/mol. The fraction of sp³-hybridized carbons (Fsp3) is 0.231. The summed E-state index contributed by atoms with van der Waals surface area (Å²) in [4.78, 5) is 0.158. The van der Waals surface area contributed by atoms with Crippen molar-refractivity contribution in [1.29, 1.82) is 0 Å². The van der Waals surface area contributed by atoms with E-state index in [1.165, 1.54) is 6.07 Å². The van der Waals surface area contributed by atoms with Crippen LogP contribution < -0.4 is 19.5 Å². The third-order valence-electron chi connectivity index (χ3n) is 6.59. The Morgan fingerprint density at radius 1 is 1.00 bits per heavy atom. The van der Waals surface area contributed by atoms with Gasteiger partial charge in [-0.05, 0) is 60.4 Å². The van der Waals surface area contributed by atoms with Crippen molar-refractivity contribution in [2.24, 2.45) is 5.92 Å². The highest BCUT2D eigenvalue weighted by Crippen LogP contribution is 2.52. The maximum absolute atomic E-state index is 13.2. The summed E-state index contributed by atoms with van der Waals surface area (Å²) < 4.78 is 40.2. The number of para-hydroxylation sites is 1. The molecule has 35 heavy (non-hydrogen) atoms. The van der Waals surface area contributed by atoms with Crippen LogP contribution in [0, 0.1) is 5.92 Å². The van der Waals surface area contributed by atoms with E-state index >= 15 is 0 Å². The number of rotatable bonds is 6. The zero-order valence-electron chi connectivity index (χ0n) is 19.1. The van der Waals surface area contributed by atoms with Gasteiger partial charge in [-0.15, -0.1) is 0 Å². The van der Waals surface area contributed by atoms with Crippen molar-refractivity contribution in [3.8, 4) is 11.5 Å². The summed E-state index contributed by atoms with van der Waals surface area (Å²) in [6.45, 7) is 0. The number of hydrogen-bond acceptors (Lipinski definition) is 5. The Morgan fingerprint density at radius 3 is 2.60 bits per heavy atom. The van der Waals surface area contributed by atoms with E-state index in [1.54, 1.807) is 38.5 Å². The minimum atomic E-state index is -3.88. The highest BCUT2D eigenvalue weighted by molar-refractivity contribution is 7.92. The lowest BCUT2D eigenvalue weighted by atomic mass is 9.77. The first-order valence-electron chi connectivity index (χ1n) is 11.1. The third kappa shape index (κ3) is 4.33. The minimum Gasteiger partial charge on any atom is -0.493 e. The standard InChI is InChI=1S/C26H24Cl2N2O4S/c1-33-24-8-4-7-19(26(24)34-2)25-18-6-3-5-17(18)20-14-16(10-12-22(20)29-25)35(31,32)30-23-13-15(27)9-11-21(23)28/h3-5,7-14,17-18,25,29-30H,6H2,1-2H3/t17-,18+,25-/m0/s1. The molecule has 9 heteroatoms. The summed E-state index contributed by atoms with van der Waals surface area (Å²) in [5, 5.41) is 4.28. The van der Waals surface area contributed by atoms with Gasteiger partial charge < -0.3 is 14.8 Å². The zero-order valence-corrected chi connectivity index (χ0v) is 21.4. The average Bonchev–Trinajstić information content (AvgIpc) is 3.35. The highest BCUT2D eigenvalue weighted by atomic mass is 35.5. The van der Waals surface area contributed by atoms with Gasteiger partial charge in [0.1, 0.15) is 0 Å². The first-order chi connectivity index (χ1) is 16.8. The van der Waals surface area contributed by atoms with Gasteiger partial charge in [0.25, 0.3) is 10.0 Å². The molecule has 3 aromatic rings. The maximum Gasteiger partial charge on any atom is 0.261 e. The molecule has 0 spiro atoms. The van der Waals surface area contributed by atoms with Crippen LogP contribution in [0.2, 0.25) is 10.0 Å². The maximum atomic E-state index is 13.2. The smallest absolute Gasteiger partial charge is 0.261 e.